The lowest BCUT2D eigenvalue weighted by Crippen LogP contribution is -2.41. The summed E-state index contributed by atoms with van der Waals surface area (Å²) in [5, 5.41) is 6.67. The Morgan fingerprint density at radius 2 is 1.95 bits per heavy atom. The number of rotatable bonds is 8. The van der Waals surface area contributed by atoms with Crippen molar-refractivity contribution in [1.82, 2.24) is 15.5 Å². The Bertz CT molecular complexity index is 470. The average Bonchev–Trinajstić information content (AvgIpc) is 2.55. The molecule has 5 nitrogen and oxygen atoms in total. The zero-order chi connectivity index (χ0) is 16.4. The summed E-state index contributed by atoms with van der Waals surface area (Å²) in [5.74, 6) is 1.72. The van der Waals surface area contributed by atoms with Crippen LogP contribution in [0.25, 0.3) is 0 Å². The van der Waals surface area contributed by atoms with Crippen LogP contribution in [0.2, 0.25) is 0 Å². The fourth-order valence-corrected chi connectivity index (χ4v) is 2.27. The van der Waals surface area contributed by atoms with Crippen molar-refractivity contribution in [2.24, 2.45) is 4.99 Å². The molecule has 2 N–H and O–H groups in total. The fraction of sp³-hybridized carbons (Fsp3) is 0.588. The molecule has 0 saturated carbocycles. The third-order valence-corrected chi connectivity index (χ3v) is 3.73. The minimum absolute atomic E-state index is 0.689. The van der Waals surface area contributed by atoms with Crippen LogP contribution in [-0.4, -0.2) is 51.2 Å². The highest BCUT2D eigenvalue weighted by Gasteiger charge is 2.05. The van der Waals surface area contributed by atoms with Crippen LogP contribution in [0.1, 0.15) is 25.0 Å². The Morgan fingerprint density at radius 1 is 1.23 bits per heavy atom. The number of benzene rings is 1. The van der Waals surface area contributed by atoms with Crippen molar-refractivity contribution in [3.05, 3.63) is 29.3 Å². The molecule has 22 heavy (non-hydrogen) atoms. The smallest absolute Gasteiger partial charge is 0.191 e. The van der Waals surface area contributed by atoms with Crippen LogP contribution in [0.4, 0.5) is 0 Å². The van der Waals surface area contributed by atoms with Gasteiger partial charge in [-0.05, 0) is 31.6 Å². The summed E-state index contributed by atoms with van der Waals surface area (Å²) in [6, 6.07) is 6.23. The van der Waals surface area contributed by atoms with E-state index < -0.39 is 0 Å². The van der Waals surface area contributed by atoms with Crippen molar-refractivity contribution in [2.75, 3.05) is 40.3 Å². The number of guanidine groups is 1. The van der Waals surface area contributed by atoms with Gasteiger partial charge in [-0.1, -0.05) is 26.0 Å². The van der Waals surface area contributed by atoms with Gasteiger partial charge in [0.15, 0.2) is 5.96 Å². The van der Waals surface area contributed by atoms with Gasteiger partial charge in [-0.3, -0.25) is 4.99 Å². The van der Waals surface area contributed by atoms with Crippen molar-refractivity contribution in [2.45, 2.75) is 27.3 Å². The Labute approximate surface area is 134 Å². The summed E-state index contributed by atoms with van der Waals surface area (Å²) in [5.41, 5.74) is 2.32. The molecule has 0 spiro atoms. The van der Waals surface area contributed by atoms with E-state index in [0.717, 1.165) is 43.5 Å². The molecule has 0 radical (unpaired) electrons. The maximum absolute atomic E-state index is 5.43. The summed E-state index contributed by atoms with van der Waals surface area (Å²) in [7, 11) is 3.49. The van der Waals surface area contributed by atoms with Gasteiger partial charge in [0.05, 0.1) is 7.11 Å². The van der Waals surface area contributed by atoms with Gasteiger partial charge in [-0.25, -0.2) is 0 Å². The number of aryl methyl sites for hydroxylation is 1. The number of ether oxygens (including phenoxy) is 1. The number of hydrogen-bond donors (Lipinski definition) is 2. The van der Waals surface area contributed by atoms with Crippen molar-refractivity contribution < 1.29 is 4.74 Å². The van der Waals surface area contributed by atoms with E-state index in [1.165, 1.54) is 5.56 Å². The number of nitrogens with zero attached hydrogens (tertiary/aromatic N) is 2. The largest absolute Gasteiger partial charge is 0.496 e. The van der Waals surface area contributed by atoms with Crippen LogP contribution < -0.4 is 15.4 Å². The summed E-state index contributed by atoms with van der Waals surface area (Å²) >= 11 is 0. The molecule has 5 heteroatoms. The van der Waals surface area contributed by atoms with Gasteiger partial charge in [0.1, 0.15) is 5.75 Å². The zero-order valence-corrected chi connectivity index (χ0v) is 14.6. The SMILES string of the molecule is CCN(CC)CCNC(=NC)NCc1ccc(C)cc1OC. The van der Waals surface area contributed by atoms with Crippen LogP contribution >= 0.6 is 0 Å². The summed E-state index contributed by atoms with van der Waals surface area (Å²) in [6.45, 7) is 11.2. The first-order valence-corrected chi connectivity index (χ1v) is 7.94. The molecule has 0 aliphatic heterocycles. The lowest BCUT2D eigenvalue weighted by Gasteiger charge is -2.19. The highest BCUT2D eigenvalue weighted by molar-refractivity contribution is 5.79. The van der Waals surface area contributed by atoms with Crippen LogP contribution in [0.3, 0.4) is 0 Å². The molecule has 0 amide bonds. The maximum Gasteiger partial charge on any atom is 0.191 e. The second-order valence-electron chi connectivity index (χ2n) is 5.19. The van der Waals surface area contributed by atoms with Gasteiger partial charge >= 0.3 is 0 Å². The second-order valence-corrected chi connectivity index (χ2v) is 5.19. The number of methoxy groups -OCH3 is 1. The number of nitrogens with one attached hydrogen (secondary N) is 2. The predicted octanol–water partition coefficient (Wildman–Crippen LogP) is 2.01. The Hall–Kier alpha value is -1.75. The van der Waals surface area contributed by atoms with Crippen LogP contribution in [0, 0.1) is 6.92 Å². The topological polar surface area (TPSA) is 48.9 Å². The van der Waals surface area contributed by atoms with Gasteiger partial charge in [-0.15, -0.1) is 0 Å². The van der Waals surface area contributed by atoms with Crippen molar-refractivity contribution >= 4 is 5.96 Å². The Morgan fingerprint density at radius 3 is 2.55 bits per heavy atom. The first kappa shape index (κ1) is 18.3. The van der Waals surface area contributed by atoms with Crippen LogP contribution in [0.15, 0.2) is 23.2 Å². The van der Waals surface area contributed by atoms with Gasteiger partial charge in [0.25, 0.3) is 0 Å². The Balaban J connectivity index is 2.47. The number of hydrogen-bond acceptors (Lipinski definition) is 3. The fourth-order valence-electron chi connectivity index (χ4n) is 2.27. The quantitative estimate of drug-likeness (QED) is 0.570. The number of aliphatic imine (C=N–C) groups is 1. The van der Waals surface area contributed by atoms with E-state index in [4.69, 9.17) is 4.74 Å². The zero-order valence-electron chi connectivity index (χ0n) is 14.6. The standard InChI is InChI=1S/C17H30N4O/c1-6-21(7-2)11-10-19-17(18-4)20-13-15-9-8-14(3)12-16(15)22-5/h8-9,12H,6-7,10-11,13H2,1-5H3,(H2,18,19,20). The lowest BCUT2D eigenvalue weighted by molar-refractivity contribution is 0.308. The van der Waals surface area contributed by atoms with Crippen LogP contribution in [0.5, 0.6) is 5.75 Å². The third-order valence-electron chi connectivity index (χ3n) is 3.73. The first-order chi connectivity index (χ1) is 10.6. The van der Waals surface area contributed by atoms with Crippen LogP contribution in [-0.2, 0) is 6.54 Å². The van der Waals surface area contributed by atoms with E-state index in [0.29, 0.717) is 6.54 Å². The van der Waals surface area contributed by atoms with Crippen molar-refractivity contribution in [3.8, 4) is 5.75 Å². The molecule has 0 saturated heterocycles. The summed E-state index contributed by atoms with van der Waals surface area (Å²) in [4.78, 5) is 6.64. The number of likely N-dealkylation sites (N-methyl/N-ethyl adjacent to an activating group) is 1. The van der Waals surface area contributed by atoms with E-state index in [1.54, 1.807) is 14.2 Å². The molecule has 0 aliphatic carbocycles. The predicted molar refractivity (Wildman–Crippen MR) is 93.7 cm³/mol. The van der Waals surface area contributed by atoms with E-state index in [2.05, 4.69) is 53.4 Å². The maximum atomic E-state index is 5.43. The molecule has 0 unspecified atom stereocenters. The van der Waals surface area contributed by atoms with Gasteiger partial charge in [0.2, 0.25) is 0 Å². The monoisotopic (exact) mass is 306 g/mol. The molecule has 0 fully saturated rings. The average molecular weight is 306 g/mol. The molecule has 0 atom stereocenters. The molecular weight excluding hydrogens is 276 g/mol. The van der Waals surface area contributed by atoms with Crippen molar-refractivity contribution in [3.63, 3.8) is 0 Å². The normalized spacial score (nSPS) is 11.6. The molecule has 0 aliphatic rings. The van der Waals surface area contributed by atoms with Crippen molar-refractivity contribution in [1.29, 1.82) is 0 Å². The first-order valence-electron chi connectivity index (χ1n) is 7.94. The summed E-state index contributed by atoms with van der Waals surface area (Å²) in [6.07, 6.45) is 0. The Kier molecular flexibility index (Phi) is 8.36. The highest BCUT2D eigenvalue weighted by atomic mass is 16.5. The lowest BCUT2D eigenvalue weighted by atomic mass is 10.1. The van der Waals surface area contributed by atoms with Gasteiger partial charge in [0, 0.05) is 32.2 Å². The van der Waals surface area contributed by atoms with E-state index >= 15 is 0 Å². The molecule has 0 heterocycles. The van der Waals surface area contributed by atoms with E-state index in [9.17, 15) is 0 Å². The molecule has 1 aromatic rings. The van der Waals surface area contributed by atoms with E-state index in [-0.39, 0.29) is 0 Å². The molecular formula is C17H30N4O. The molecule has 1 aromatic carbocycles. The van der Waals surface area contributed by atoms with Gasteiger partial charge in [-0.2, -0.15) is 0 Å². The summed E-state index contributed by atoms with van der Waals surface area (Å²) < 4.78 is 5.43. The molecule has 0 bridgehead atoms. The third kappa shape index (κ3) is 5.93. The second kappa shape index (κ2) is 10.1. The van der Waals surface area contributed by atoms with Gasteiger partial charge < -0.3 is 20.3 Å². The molecule has 124 valence electrons. The highest BCUT2D eigenvalue weighted by Crippen LogP contribution is 2.19. The molecule has 1 rings (SSSR count). The minimum atomic E-state index is 0.689. The van der Waals surface area contributed by atoms with E-state index in [1.807, 2.05) is 6.07 Å². The molecule has 0 aromatic heterocycles. The minimum Gasteiger partial charge on any atom is -0.496 e.